The molecule has 0 radical (unpaired) electrons. The molecule has 20 heavy (non-hydrogen) atoms. The first-order valence-corrected chi connectivity index (χ1v) is 8.04. The van der Waals surface area contributed by atoms with Gasteiger partial charge in [0.25, 0.3) is 0 Å². The van der Waals surface area contributed by atoms with Crippen LogP contribution in [0.4, 0.5) is 4.39 Å². The number of hydrogen-bond acceptors (Lipinski definition) is 3. The Labute approximate surface area is 123 Å². The highest BCUT2D eigenvalue weighted by Crippen LogP contribution is 2.34. The first-order chi connectivity index (χ1) is 9.41. The predicted molar refractivity (Wildman–Crippen MR) is 76.4 cm³/mol. The minimum atomic E-state index is -3.94. The summed E-state index contributed by atoms with van der Waals surface area (Å²) in [6.07, 6.45) is 3.04. The van der Waals surface area contributed by atoms with Crippen LogP contribution in [-0.4, -0.2) is 25.3 Å². The zero-order valence-corrected chi connectivity index (χ0v) is 12.4. The van der Waals surface area contributed by atoms with E-state index in [9.17, 15) is 12.8 Å². The second-order valence-corrected chi connectivity index (χ2v) is 6.97. The maximum absolute atomic E-state index is 14.3. The zero-order valence-electron chi connectivity index (χ0n) is 10.9. The summed E-state index contributed by atoms with van der Waals surface area (Å²) in [4.78, 5) is -0.417. The lowest BCUT2D eigenvalue weighted by atomic mass is 10.2. The van der Waals surface area contributed by atoms with Crippen LogP contribution in [0, 0.1) is 5.82 Å². The van der Waals surface area contributed by atoms with Gasteiger partial charge in [-0.1, -0.05) is 17.7 Å². The number of sulfonamides is 1. The predicted octanol–water partition coefficient (Wildman–Crippen LogP) is 2.28. The minimum absolute atomic E-state index is 0.0855. The summed E-state index contributed by atoms with van der Waals surface area (Å²) in [6.45, 7) is 3.58. The molecule has 0 aliphatic heterocycles. The monoisotopic (exact) mass is 318 g/mol. The molecule has 0 spiro atoms. The largest absolute Gasteiger partial charge is 0.326 e. The summed E-state index contributed by atoms with van der Waals surface area (Å²) in [7, 11) is -3.94. The van der Waals surface area contributed by atoms with Gasteiger partial charge in [0, 0.05) is 29.7 Å². The van der Waals surface area contributed by atoms with Crippen molar-refractivity contribution in [3.8, 4) is 0 Å². The van der Waals surface area contributed by atoms with Gasteiger partial charge in [0.1, 0.15) is 10.7 Å². The van der Waals surface area contributed by atoms with Crippen LogP contribution in [0.15, 0.2) is 29.7 Å². The fourth-order valence-electron chi connectivity index (χ4n) is 2.01. The summed E-state index contributed by atoms with van der Waals surface area (Å²) in [6, 6.07) is 2.38. The average molecular weight is 319 g/mol. The van der Waals surface area contributed by atoms with Gasteiger partial charge < -0.3 is 5.73 Å². The molecule has 0 saturated heterocycles. The van der Waals surface area contributed by atoms with Crippen LogP contribution in [0.1, 0.15) is 18.4 Å². The summed E-state index contributed by atoms with van der Waals surface area (Å²) < 4.78 is 40.7. The zero-order chi connectivity index (χ0) is 14.9. The molecular formula is C13H16ClFN2O2S. The van der Waals surface area contributed by atoms with Crippen molar-refractivity contribution in [3.05, 3.63) is 41.2 Å². The third kappa shape index (κ3) is 2.88. The molecule has 2 rings (SSSR count). The van der Waals surface area contributed by atoms with E-state index in [1.165, 1.54) is 16.4 Å². The van der Waals surface area contributed by atoms with Gasteiger partial charge in [0.05, 0.1) is 0 Å². The molecule has 2 N–H and O–H groups in total. The van der Waals surface area contributed by atoms with Gasteiger partial charge in [0.2, 0.25) is 10.0 Å². The van der Waals surface area contributed by atoms with E-state index in [0.717, 1.165) is 18.9 Å². The van der Waals surface area contributed by atoms with Crippen LogP contribution >= 0.6 is 11.6 Å². The van der Waals surface area contributed by atoms with Gasteiger partial charge in [-0.25, -0.2) is 12.8 Å². The number of halogens is 2. The van der Waals surface area contributed by atoms with E-state index >= 15 is 0 Å². The van der Waals surface area contributed by atoms with Gasteiger partial charge in [-0.15, -0.1) is 6.58 Å². The topological polar surface area (TPSA) is 63.4 Å². The van der Waals surface area contributed by atoms with Gasteiger partial charge in [-0.3, -0.25) is 0 Å². The van der Waals surface area contributed by atoms with E-state index in [-0.39, 0.29) is 29.7 Å². The van der Waals surface area contributed by atoms with Crippen molar-refractivity contribution in [3.63, 3.8) is 0 Å². The molecule has 0 atom stereocenters. The Morgan fingerprint density at radius 2 is 2.15 bits per heavy atom. The molecule has 1 aromatic carbocycles. The Kier molecular flexibility index (Phi) is 4.49. The van der Waals surface area contributed by atoms with Crippen LogP contribution in [0.5, 0.6) is 0 Å². The van der Waals surface area contributed by atoms with E-state index in [2.05, 4.69) is 6.58 Å². The molecule has 1 fully saturated rings. The van der Waals surface area contributed by atoms with Gasteiger partial charge >= 0.3 is 0 Å². The third-order valence-corrected chi connectivity index (χ3v) is 5.28. The van der Waals surface area contributed by atoms with Crippen LogP contribution in [0.25, 0.3) is 0 Å². The second kappa shape index (κ2) is 5.81. The number of rotatable bonds is 6. The Bertz CT molecular complexity index is 630. The number of nitrogens with two attached hydrogens (primary N) is 1. The summed E-state index contributed by atoms with van der Waals surface area (Å²) in [5, 5.41) is 0.153. The van der Waals surface area contributed by atoms with Gasteiger partial charge in [-0.05, 0) is 25.0 Å². The van der Waals surface area contributed by atoms with Crippen molar-refractivity contribution in [2.24, 2.45) is 5.73 Å². The lowest BCUT2D eigenvalue weighted by molar-refractivity contribution is 0.430. The maximum atomic E-state index is 14.3. The van der Waals surface area contributed by atoms with Crippen molar-refractivity contribution in [2.75, 3.05) is 6.54 Å². The van der Waals surface area contributed by atoms with E-state index in [0.29, 0.717) is 0 Å². The Hall–Kier alpha value is -0.950. The minimum Gasteiger partial charge on any atom is -0.326 e. The van der Waals surface area contributed by atoms with Crippen molar-refractivity contribution in [1.82, 2.24) is 4.31 Å². The van der Waals surface area contributed by atoms with Crippen LogP contribution in [-0.2, 0) is 16.6 Å². The molecule has 110 valence electrons. The van der Waals surface area contributed by atoms with Crippen LogP contribution in [0.2, 0.25) is 5.02 Å². The molecular weight excluding hydrogens is 303 g/mol. The number of nitrogens with zero attached hydrogens (tertiary/aromatic N) is 1. The quantitative estimate of drug-likeness (QED) is 0.818. The SMILES string of the molecule is C=CCN(C1CC1)S(=O)(=O)c1cc(Cl)cc(CN)c1F. The van der Waals surface area contributed by atoms with Crippen LogP contribution in [0.3, 0.4) is 0 Å². The molecule has 1 saturated carbocycles. The molecule has 0 bridgehead atoms. The first-order valence-electron chi connectivity index (χ1n) is 6.22. The van der Waals surface area contributed by atoms with E-state index in [1.54, 1.807) is 0 Å². The molecule has 1 aromatic rings. The maximum Gasteiger partial charge on any atom is 0.246 e. The van der Waals surface area contributed by atoms with Gasteiger partial charge in [0.15, 0.2) is 0 Å². The highest BCUT2D eigenvalue weighted by molar-refractivity contribution is 7.89. The highest BCUT2D eigenvalue weighted by Gasteiger charge is 2.38. The molecule has 1 aliphatic rings. The molecule has 0 amide bonds. The van der Waals surface area contributed by atoms with Crippen molar-refractivity contribution in [2.45, 2.75) is 30.3 Å². The van der Waals surface area contributed by atoms with E-state index in [4.69, 9.17) is 17.3 Å². The van der Waals surface area contributed by atoms with Crippen molar-refractivity contribution < 1.29 is 12.8 Å². The number of hydrogen-bond donors (Lipinski definition) is 1. The summed E-state index contributed by atoms with van der Waals surface area (Å²) in [5.74, 6) is -0.827. The Balaban J connectivity index is 2.52. The molecule has 0 unspecified atom stereocenters. The first kappa shape index (κ1) is 15.4. The van der Waals surface area contributed by atoms with Crippen molar-refractivity contribution >= 4 is 21.6 Å². The summed E-state index contributed by atoms with van der Waals surface area (Å²) >= 11 is 5.86. The fourth-order valence-corrected chi connectivity index (χ4v) is 4.11. The number of benzene rings is 1. The lowest BCUT2D eigenvalue weighted by Crippen LogP contribution is -2.34. The second-order valence-electron chi connectivity index (χ2n) is 4.68. The summed E-state index contributed by atoms with van der Waals surface area (Å²) in [5.41, 5.74) is 5.50. The fraction of sp³-hybridized carbons (Fsp3) is 0.385. The normalized spacial score (nSPS) is 15.6. The molecule has 4 nitrogen and oxygen atoms in total. The molecule has 0 aromatic heterocycles. The van der Waals surface area contributed by atoms with E-state index < -0.39 is 20.7 Å². The standard InChI is InChI=1S/C13H16ClFN2O2S/c1-2-5-17(11-3-4-11)20(18,19)12-7-10(14)6-9(8-16)13(12)15/h2,6-7,11H,1,3-5,8,16H2. The Morgan fingerprint density at radius 3 is 2.65 bits per heavy atom. The Morgan fingerprint density at radius 1 is 1.50 bits per heavy atom. The molecule has 7 heteroatoms. The van der Waals surface area contributed by atoms with Crippen molar-refractivity contribution in [1.29, 1.82) is 0 Å². The van der Waals surface area contributed by atoms with E-state index in [1.807, 2.05) is 0 Å². The molecule has 1 aliphatic carbocycles. The molecule has 0 heterocycles. The highest BCUT2D eigenvalue weighted by atomic mass is 35.5. The van der Waals surface area contributed by atoms with Gasteiger partial charge in [-0.2, -0.15) is 4.31 Å². The smallest absolute Gasteiger partial charge is 0.246 e. The lowest BCUT2D eigenvalue weighted by Gasteiger charge is -2.21. The van der Waals surface area contributed by atoms with Crippen LogP contribution < -0.4 is 5.73 Å². The average Bonchev–Trinajstić information content (AvgIpc) is 3.22. The third-order valence-electron chi connectivity index (χ3n) is 3.15.